The lowest BCUT2D eigenvalue weighted by Crippen LogP contribution is -2.31. The maximum Gasteiger partial charge on any atom is 0.326 e. The summed E-state index contributed by atoms with van der Waals surface area (Å²) in [4.78, 5) is 15.2. The third kappa shape index (κ3) is 3.29. The van der Waals surface area contributed by atoms with Gasteiger partial charge in [0.2, 0.25) is 0 Å². The highest BCUT2D eigenvalue weighted by Crippen LogP contribution is 2.14. The number of thiazole rings is 1. The fraction of sp³-hybridized carbons (Fsp3) is 0.167. The van der Waals surface area contributed by atoms with Crippen LogP contribution in [0.25, 0.3) is 0 Å². The van der Waals surface area contributed by atoms with E-state index in [9.17, 15) is 4.79 Å². The van der Waals surface area contributed by atoms with Crippen LogP contribution in [0.3, 0.4) is 0 Å². The molecular formula is C12H12N2O2S. The van der Waals surface area contributed by atoms with Crippen LogP contribution < -0.4 is 5.32 Å². The number of carboxylic acid groups (broad SMARTS) is 1. The number of carbonyl (C=O) groups is 1. The zero-order valence-corrected chi connectivity index (χ0v) is 9.85. The summed E-state index contributed by atoms with van der Waals surface area (Å²) in [5.74, 6) is -0.871. The highest BCUT2D eigenvalue weighted by atomic mass is 32.1. The molecule has 5 heteroatoms. The van der Waals surface area contributed by atoms with Crippen molar-refractivity contribution in [1.29, 1.82) is 0 Å². The van der Waals surface area contributed by atoms with Gasteiger partial charge in [-0.1, -0.05) is 30.3 Å². The van der Waals surface area contributed by atoms with Gasteiger partial charge in [-0.25, -0.2) is 9.78 Å². The minimum absolute atomic E-state index is 0.440. The molecule has 2 N–H and O–H groups in total. The van der Waals surface area contributed by atoms with Crippen LogP contribution in [0.15, 0.2) is 41.9 Å². The van der Waals surface area contributed by atoms with E-state index in [1.807, 2.05) is 35.7 Å². The number of nitrogens with one attached hydrogen (secondary N) is 1. The molecule has 0 spiro atoms. The van der Waals surface area contributed by atoms with Crippen LogP contribution in [0.5, 0.6) is 0 Å². The number of aliphatic carboxylic acids is 1. The number of anilines is 1. The molecule has 1 aromatic carbocycles. The van der Waals surface area contributed by atoms with Gasteiger partial charge in [0.05, 0.1) is 0 Å². The zero-order valence-electron chi connectivity index (χ0n) is 9.04. The van der Waals surface area contributed by atoms with Gasteiger partial charge in [0.25, 0.3) is 0 Å². The van der Waals surface area contributed by atoms with Crippen LogP contribution >= 0.6 is 11.3 Å². The number of nitrogens with zero attached hydrogens (tertiary/aromatic N) is 1. The van der Waals surface area contributed by atoms with Crippen molar-refractivity contribution in [3.8, 4) is 0 Å². The van der Waals surface area contributed by atoms with Gasteiger partial charge in [0.1, 0.15) is 6.04 Å². The highest BCUT2D eigenvalue weighted by molar-refractivity contribution is 7.13. The number of hydrogen-bond acceptors (Lipinski definition) is 4. The Bertz CT molecular complexity index is 471. The fourth-order valence-corrected chi connectivity index (χ4v) is 2.08. The molecule has 0 fully saturated rings. The van der Waals surface area contributed by atoms with Gasteiger partial charge in [-0.15, -0.1) is 11.3 Å². The molecule has 0 amide bonds. The molecule has 0 radical (unpaired) electrons. The van der Waals surface area contributed by atoms with Crippen molar-refractivity contribution >= 4 is 22.4 Å². The maximum atomic E-state index is 11.1. The Kier molecular flexibility index (Phi) is 3.72. The van der Waals surface area contributed by atoms with Crippen LogP contribution in [0, 0.1) is 0 Å². The van der Waals surface area contributed by atoms with E-state index in [4.69, 9.17) is 5.11 Å². The van der Waals surface area contributed by atoms with E-state index in [-0.39, 0.29) is 0 Å². The second-order valence-corrected chi connectivity index (χ2v) is 4.46. The van der Waals surface area contributed by atoms with Crippen LogP contribution in [-0.4, -0.2) is 22.1 Å². The normalized spacial score (nSPS) is 12.0. The second-order valence-electron chi connectivity index (χ2n) is 3.56. The smallest absolute Gasteiger partial charge is 0.326 e. The number of hydrogen-bond donors (Lipinski definition) is 2. The van der Waals surface area contributed by atoms with Gasteiger partial charge in [-0.05, 0) is 5.56 Å². The fourth-order valence-electron chi connectivity index (χ4n) is 1.49. The van der Waals surface area contributed by atoms with E-state index in [0.717, 1.165) is 5.56 Å². The molecule has 88 valence electrons. The van der Waals surface area contributed by atoms with Crippen LogP contribution in [-0.2, 0) is 11.2 Å². The van der Waals surface area contributed by atoms with Gasteiger partial charge in [-0.2, -0.15) is 0 Å². The average Bonchev–Trinajstić information content (AvgIpc) is 2.82. The Hall–Kier alpha value is -1.88. The molecule has 0 saturated heterocycles. The Morgan fingerprint density at radius 3 is 2.76 bits per heavy atom. The van der Waals surface area contributed by atoms with Gasteiger partial charge in [0.15, 0.2) is 5.13 Å². The summed E-state index contributed by atoms with van der Waals surface area (Å²) in [5, 5.41) is 14.5. The molecule has 4 nitrogen and oxygen atoms in total. The number of carboxylic acids is 1. The maximum absolute atomic E-state index is 11.1. The van der Waals surface area contributed by atoms with E-state index in [0.29, 0.717) is 11.6 Å². The van der Waals surface area contributed by atoms with Crippen molar-refractivity contribution in [2.75, 3.05) is 5.32 Å². The molecule has 0 saturated carbocycles. The first kappa shape index (κ1) is 11.6. The summed E-state index contributed by atoms with van der Waals surface area (Å²) >= 11 is 1.39. The molecular weight excluding hydrogens is 236 g/mol. The van der Waals surface area contributed by atoms with Crippen molar-refractivity contribution in [3.05, 3.63) is 47.5 Å². The van der Waals surface area contributed by atoms with Crippen molar-refractivity contribution in [2.45, 2.75) is 12.5 Å². The van der Waals surface area contributed by atoms with Gasteiger partial charge >= 0.3 is 5.97 Å². The van der Waals surface area contributed by atoms with E-state index < -0.39 is 12.0 Å². The molecule has 0 aliphatic rings. The summed E-state index contributed by atoms with van der Waals surface area (Å²) in [6, 6.07) is 8.89. The molecule has 0 aliphatic heterocycles. The monoisotopic (exact) mass is 248 g/mol. The first-order valence-electron chi connectivity index (χ1n) is 5.18. The van der Waals surface area contributed by atoms with E-state index in [1.165, 1.54) is 11.3 Å². The zero-order chi connectivity index (χ0) is 12.1. The molecule has 2 aromatic rings. The van der Waals surface area contributed by atoms with Crippen LogP contribution in [0.4, 0.5) is 5.13 Å². The third-order valence-corrected chi connectivity index (χ3v) is 3.02. The average molecular weight is 248 g/mol. The topological polar surface area (TPSA) is 62.2 Å². The molecule has 0 unspecified atom stereocenters. The lowest BCUT2D eigenvalue weighted by molar-refractivity contribution is -0.137. The van der Waals surface area contributed by atoms with Crippen LogP contribution in [0.2, 0.25) is 0 Å². The lowest BCUT2D eigenvalue weighted by Gasteiger charge is -2.13. The summed E-state index contributed by atoms with van der Waals surface area (Å²) in [7, 11) is 0. The molecule has 2 rings (SSSR count). The quantitative estimate of drug-likeness (QED) is 0.852. The molecule has 0 bridgehead atoms. The summed E-state index contributed by atoms with van der Waals surface area (Å²) in [5.41, 5.74) is 0.990. The number of benzene rings is 1. The summed E-state index contributed by atoms with van der Waals surface area (Å²) in [6.07, 6.45) is 2.09. The van der Waals surface area contributed by atoms with Gasteiger partial charge in [-0.3, -0.25) is 0 Å². The standard InChI is InChI=1S/C12H12N2O2S/c15-11(16)10(14-12-13-6-7-17-12)8-9-4-2-1-3-5-9/h1-7,10H,8H2,(H,13,14)(H,15,16)/t10-/m0/s1. The van der Waals surface area contributed by atoms with Gasteiger partial charge in [0, 0.05) is 18.0 Å². The van der Waals surface area contributed by atoms with Crippen molar-refractivity contribution in [3.63, 3.8) is 0 Å². The number of rotatable bonds is 5. The van der Waals surface area contributed by atoms with Crippen molar-refractivity contribution < 1.29 is 9.90 Å². The SMILES string of the molecule is O=C(O)[C@H](Cc1ccccc1)Nc1nccs1. The number of aromatic nitrogens is 1. The Morgan fingerprint density at radius 1 is 1.41 bits per heavy atom. The molecule has 1 aromatic heterocycles. The van der Waals surface area contributed by atoms with Crippen molar-refractivity contribution in [2.24, 2.45) is 0 Å². The minimum Gasteiger partial charge on any atom is -0.480 e. The predicted octanol–water partition coefficient (Wildman–Crippen LogP) is 2.25. The lowest BCUT2D eigenvalue weighted by atomic mass is 10.1. The van der Waals surface area contributed by atoms with E-state index in [1.54, 1.807) is 6.20 Å². The van der Waals surface area contributed by atoms with Crippen LogP contribution in [0.1, 0.15) is 5.56 Å². The first-order chi connectivity index (χ1) is 8.25. The summed E-state index contributed by atoms with van der Waals surface area (Å²) < 4.78 is 0. The van der Waals surface area contributed by atoms with E-state index in [2.05, 4.69) is 10.3 Å². The predicted molar refractivity (Wildman–Crippen MR) is 67.3 cm³/mol. The largest absolute Gasteiger partial charge is 0.480 e. The first-order valence-corrected chi connectivity index (χ1v) is 6.06. The second kappa shape index (κ2) is 5.45. The Balaban J connectivity index is 2.06. The highest BCUT2D eigenvalue weighted by Gasteiger charge is 2.18. The third-order valence-electron chi connectivity index (χ3n) is 2.31. The summed E-state index contributed by atoms with van der Waals surface area (Å²) in [6.45, 7) is 0. The molecule has 17 heavy (non-hydrogen) atoms. The molecule has 0 aliphatic carbocycles. The minimum atomic E-state index is -0.871. The molecule has 1 heterocycles. The molecule has 1 atom stereocenters. The Labute approximate surface area is 103 Å². The van der Waals surface area contributed by atoms with Gasteiger partial charge < -0.3 is 10.4 Å². The van der Waals surface area contributed by atoms with E-state index >= 15 is 0 Å². The van der Waals surface area contributed by atoms with Crippen molar-refractivity contribution in [1.82, 2.24) is 4.98 Å². The Morgan fingerprint density at radius 2 is 2.18 bits per heavy atom.